The van der Waals surface area contributed by atoms with Crippen molar-refractivity contribution in [2.45, 2.75) is 37.4 Å². The van der Waals surface area contributed by atoms with Gasteiger partial charge in [0.05, 0.1) is 28.7 Å². The van der Waals surface area contributed by atoms with E-state index in [2.05, 4.69) is 26.3 Å². The van der Waals surface area contributed by atoms with Gasteiger partial charge in [-0.2, -0.15) is 0 Å². The Morgan fingerprint density at radius 2 is 2.00 bits per heavy atom. The normalized spacial score (nSPS) is 25.8. The molecule has 25 heavy (non-hydrogen) atoms. The van der Waals surface area contributed by atoms with E-state index in [9.17, 15) is 8.42 Å². The molecule has 4 heterocycles. The minimum atomic E-state index is -3.14. The van der Waals surface area contributed by atoms with Crippen LogP contribution in [0.2, 0.25) is 0 Å². The van der Waals surface area contributed by atoms with Gasteiger partial charge < -0.3 is 4.98 Å². The molecule has 0 spiro atoms. The molecule has 3 aromatic heterocycles. The number of nitrogens with one attached hydrogen (secondary N) is 1. The van der Waals surface area contributed by atoms with Crippen LogP contribution in [0.15, 0.2) is 24.7 Å². The summed E-state index contributed by atoms with van der Waals surface area (Å²) in [5.74, 6) is 1.41. The molecule has 0 aromatic carbocycles. The number of fused-ring (bicyclic) bond motifs is 3. The zero-order valence-electron chi connectivity index (χ0n) is 14.1. The lowest BCUT2D eigenvalue weighted by Gasteiger charge is -2.35. The van der Waals surface area contributed by atoms with Crippen LogP contribution >= 0.6 is 0 Å². The molecule has 2 aliphatic rings. The average molecular weight is 359 g/mol. The van der Waals surface area contributed by atoms with Crippen molar-refractivity contribution in [3.63, 3.8) is 0 Å². The number of aromatic amines is 1. The molecule has 132 valence electrons. The average Bonchev–Trinajstić information content (AvgIpc) is 3.21. The highest BCUT2D eigenvalue weighted by atomic mass is 32.2. The first-order valence-corrected chi connectivity index (χ1v) is 10.3. The summed E-state index contributed by atoms with van der Waals surface area (Å²) in [6.07, 6.45) is 7.99. The van der Waals surface area contributed by atoms with E-state index in [1.54, 1.807) is 4.31 Å². The number of sulfonamides is 1. The first-order valence-electron chi connectivity index (χ1n) is 8.84. The van der Waals surface area contributed by atoms with Gasteiger partial charge in [0.25, 0.3) is 0 Å². The van der Waals surface area contributed by atoms with Gasteiger partial charge in [-0.05, 0) is 31.2 Å². The Hall–Kier alpha value is -1.93. The van der Waals surface area contributed by atoms with E-state index < -0.39 is 10.0 Å². The Morgan fingerprint density at radius 3 is 2.80 bits per heavy atom. The largest absolute Gasteiger partial charge is 0.345 e. The molecule has 0 radical (unpaired) electrons. The third-order valence-corrected chi connectivity index (χ3v) is 8.01. The number of hydrogen-bond donors (Lipinski definition) is 1. The number of imidazole rings is 1. The van der Waals surface area contributed by atoms with E-state index in [0.717, 1.165) is 41.8 Å². The number of rotatable bonds is 3. The highest BCUT2D eigenvalue weighted by Gasteiger charge is 2.43. The maximum absolute atomic E-state index is 12.7. The number of H-pyrrole nitrogens is 1. The van der Waals surface area contributed by atoms with Crippen molar-refractivity contribution in [1.82, 2.24) is 23.7 Å². The monoisotopic (exact) mass is 359 g/mol. The second-order valence-corrected chi connectivity index (χ2v) is 9.53. The zero-order chi connectivity index (χ0) is 17.2. The van der Waals surface area contributed by atoms with Crippen molar-refractivity contribution in [3.8, 4) is 0 Å². The van der Waals surface area contributed by atoms with Gasteiger partial charge in [0.1, 0.15) is 5.82 Å². The van der Waals surface area contributed by atoms with Crippen molar-refractivity contribution in [2.24, 2.45) is 5.92 Å². The topological polar surface area (TPSA) is 83.4 Å². The fourth-order valence-corrected chi connectivity index (χ4v) is 5.83. The molecule has 2 fully saturated rings. The lowest BCUT2D eigenvalue weighted by atomic mass is 9.87. The maximum Gasteiger partial charge on any atom is 0.217 e. The Morgan fingerprint density at radius 1 is 1.20 bits per heavy atom. The van der Waals surface area contributed by atoms with Crippen molar-refractivity contribution >= 4 is 26.7 Å². The molecule has 7 nitrogen and oxygen atoms in total. The molecule has 1 saturated heterocycles. The quantitative estimate of drug-likeness (QED) is 0.776. The van der Waals surface area contributed by atoms with Crippen molar-refractivity contribution in [1.29, 1.82) is 0 Å². The Bertz CT molecular complexity index is 1050. The van der Waals surface area contributed by atoms with Crippen LogP contribution in [-0.2, 0) is 10.0 Å². The number of aromatic nitrogens is 4. The molecule has 1 saturated carbocycles. The van der Waals surface area contributed by atoms with Crippen LogP contribution in [0.3, 0.4) is 0 Å². The molecule has 5 rings (SSSR count). The van der Waals surface area contributed by atoms with E-state index in [1.165, 1.54) is 0 Å². The summed E-state index contributed by atoms with van der Waals surface area (Å²) in [6, 6.07) is 1.99. The van der Waals surface area contributed by atoms with Gasteiger partial charge in [-0.25, -0.2) is 22.7 Å². The van der Waals surface area contributed by atoms with E-state index in [-0.39, 0.29) is 11.2 Å². The molecule has 2 unspecified atom stereocenters. The summed E-state index contributed by atoms with van der Waals surface area (Å²) in [7, 11) is -3.14. The number of hydrogen-bond acceptors (Lipinski definition) is 4. The SMILES string of the molecule is CC1CCN(S(=O)(=O)C2CC2)CC1c1ncc2cnc3[nH]ccc3n12. The summed E-state index contributed by atoms with van der Waals surface area (Å²) in [6.45, 7) is 3.34. The van der Waals surface area contributed by atoms with E-state index in [4.69, 9.17) is 0 Å². The summed E-state index contributed by atoms with van der Waals surface area (Å²) in [5.41, 5.74) is 2.74. The number of piperidine rings is 1. The van der Waals surface area contributed by atoms with Crippen LogP contribution in [0.5, 0.6) is 0 Å². The molecule has 8 heteroatoms. The molecule has 0 amide bonds. The highest BCUT2D eigenvalue weighted by Crippen LogP contribution is 2.38. The highest BCUT2D eigenvalue weighted by molar-refractivity contribution is 7.90. The standard InChI is InChI=1S/C17H21N5O2S/c1-11-5-7-21(25(23,24)13-2-3-13)10-14(11)17-20-9-12-8-19-16-15(22(12)17)4-6-18-16/h4,6,8-9,11,13-14,18H,2-3,5,7,10H2,1H3. The summed E-state index contributed by atoms with van der Waals surface area (Å²) in [5, 5.41) is -0.154. The Balaban J connectivity index is 1.59. The predicted octanol–water partition coefficient (Wildman–Crippen LogP) is 2.13. The van der Waals surface area contributed by atoms with Crippen LogP contribution < -0.4 is 0 Å². The minimum absolute atomic E-state index is 0.0882. The Labute approximate surface area is 146 Å². The van der Waals surface area contributed by atoms with Crippen molar-refractivity contribution < 1.29 is 8.42 Å². The second kappa shape index (κ2) is 5.28. The lowest BCUT2D eigenvalue weighted by Crippen LogP contribution is -2.44. The molecule has 3 aromatic rings. The van der Waals surface area contributed by atoms with E-state index in [0.29, 0.717) is 19.0 Å². The smallest absolute Gasteiger partial charge is 0.217 e. The molecule has 1 N–H and O–H groups in total. The minimum Gasteiger partial charge on any atom is -0.345 e. The molecular formula is C17H21N5O2S. The third kappa shape index (κ3) is 2.31. The van der Waals surface area contributed by atoms with Gasteiger partial charge in [0.15, 0.2) is 5.65 Å². The molecule has 2 atom stereocenters. The van der Waals surface area contributed by atoms with Gasteiger partial charge in [-0.15, -0.1) is 0 Å². The summed E-state index contributed by atoms with van der Waals surface area (Å²) in [4.78, 5) is 12.2. The van der Waals surface area contributed by atoms with E-state index >= 15 is 0 Å². The molecule has 1 aliphatic carbocycles. The third-order valence-electron chi connectivity index (χ3n) is 5.65. The number of nitrogens with zero attached hydrogens (tertiary/aromatic N) is 4. The maximum atomic E-state index is 12.7. The molecular weight excluding hydrogens is 338 g/mol. The van der Waals surface area contributed by atoms with Crippen LogP contribution in [0.25, 0.3) is 16.7 Å². The molecule has 1 aliphatic heterocycles. The van der Waals surface area contributed by atoms with Crippen LogP contribution in [0, 0.1) is 5.92 Å². The van der Waals surface area contributed by atoms with E-state index in [1.807, 2.05) is 24.7 Å². The van der Waals surface area contributed by atoms with Crippen LogP contribution in [-0.4, -0.2) is 50.4 Å². The Kier molecular flexibility index (Phi) is 3.24. The van der Waals surface area contributed by atoms with Gasteiger partial charge in [-0.3, -0.25) is 4.40 Å². The first kappa shape index (κ1) is 15.3. The predicted molar refractivity (Wildman–Crippen MR) is 94.9 cm³/mol. The zero-order valence-corrected chi connectivity index (χ0v) is 14.9. The van der Waals surface area contributed by atoms with Crippen LogP contribution in [0.1, 0.15) is 37.9 Å². The van der Waals surface area contributed by atoms with Crippen LogP contribution in [0.4, 0.5) is 0 Å². The van der Waals surface area contributed by atoms with Gasteiger partial charge in [0.2, 0.25) is 10.0 Å². The fraction of sp³-hybridized carbons (Fsp3) is 0.529. The van der Waals surface area contributed by atoms with Gasteiger partial charge in [0, 0.05) is 25.2 Å². The second-order valence-electron chi connectivity index (χ2n) is 7.32. The van der Waals surface area contributed by atoms with Gasteiger partial charge in [-0.1, -0.05) is 6.92 Å². The van der Waals surface area contributed by atoms with Crippen molar-refractivity contribution in [3.05, 3.63) is 30.5 Å². The summed E-state index contributed by atoms with van der Waals surface area (Å²) < 4.78 is 29.2. The fourth-order valence-electron chi connectivity index (χ4n) is 3.95. The summed E-state index contributed by atoms with van der Waals surface area (Å²) >= 11 is 0. The molecule has 0 bridgehead atoms. The van der Waals surface area contributed by atoms with Crippen molar-refractivity contribution in [2.75, 3.05) is 13.1 Å². The first-order chi connectivity index (χ1) is 12.1. The lowest BCUT2D eigenvalue weighted by molar-refractivity contribution is 0.244. The van der Waals surface area contributed by atoms with Gasteiger partial charge >= 0.3 is 0 Å².